The van der Waals surface area contributed by atoms with Crippen LogP contribution in [-0.2, 0) is 6.42 Å². The summed E-state index contributed by atoms with van der Waals surface area (Å²) in [4.78, 5) is 10.8. The average Bonchev–Trinajstić information content (AvgIpc) is 2.17. The van der Waals surface area contributed by atoms with Gasteiger partial charge in [-0.15, -0.1) is 4.91 Å². The predicted octanol–water partition coefficient (Wildman–Crippen LogP) is 3.13. The molecular formula is C12H16N2O. The Morgan fingerprint density at radius 2 is 2.13 bits per heavy atom. The number of hydrogen-bond donors (Lipinski definition) is 0. The summed E-state index contributed by atoms with van der Waals surface area (Å²) in [6.07, 6.45) is 2.05. The summed E-state index contributed by atoms with van der Waals surface area (Å²) in [5.41, 5.74) is 4.74. The van der Waals surface area contributed by atoms with Gasteiger partial charge in [0.2, 0.25) is 0 Å². The van der Waals surface area contributed by atoms with E-state index in [0.717, 1.165) is 18.5 Å². The number of aryl methyl sites for hydroxylation is 2. The SMILES string of the molecule is Cc1cc(C)c2c(c1)N(N=O)C(C)CC2. The Morgan fingerprint density at radius 1 is 1.40 bits per heavy atom. The monoisotopic (exact) mass is 204 g/mol. The van der Waals surface area contributed by atoms with Gasteiger partial charge in [-0.1, -0.05) is 6.07 Å². The van der Waals surface area contributed by atoms with Crippen LogP contribution in [0.1, 0.15) is 30.0 Å². The predicted molar refractivity (Wildman–Crippen MR) is 62.0 cm³/mol. The van der Waals surface area contributed by atoms with Crippen LogP contribution < -0.4 is 5.01 Å². The first-order chi connectivity index (χ1) is 7.13. The molecule has 2 rings (SSSR count). The summed E-state index contributed by atoms with van der Waals surface area (Å²) >= 11 is 0. The first-order valence-electron chi connectivity index (χ1n) is 5.36. The number of benzene rings is 1. The lowest BCUT2D eigenvalue weighted by molar-refractivity contribution is 0.571. The van der Waals surface area contributed by atoms with Gasteiger partial charge in [-0.25, -0.2) is 5.01 Å². The van der Waals surface area contributed by atoms with Crippen molar-refractivity contribution in [3.8, 4) is 0 Å². The molecule has 1 unspecified atom stereocenters. The van der Waals surface area contributed by atoms with Crippen molar-refractivity contribution in [2.75, 3.05) is 5.01 Å². The van der Waals surface area contributed by atoms with Gasteiger partial charge in [-0.3, -0.25) is 0 Å². The van der Waals surface area contributed by atoms with E-state index in [4.69, 9.17) is 0 Å². The Morgan fingerprint density at radius 3 is 2.80 bits per heavy atom. The molecule has 3 heteroatoms. The van der Waals surface area contributed by atoms with E-state index in [1.165, 1.54) is 16.7 Å². The quantitative estimate of drug-likeness (QED) is 0.658. The van der Waals surface area contributed by atoms with E-state index in [-0.39, 0.29) is 6.04 Å². The molecule has 1 aromatic rings. The van der Waals surface area contributed by atoms with Crippen molar-refractivity contribution in [2.24, 2.45) is 5.29 Å². The van der Waals surface area contributed by atoms with E-state index in [0.29, 0.717) is 0 Å². The fraction of sp³-hybridized carbons (Fsp3) is 0.500. The molecule has 0 spiro atoms. The van der Waals surface area contributed by atoms with Gasteiger partial charge < -0.3 is 0 Å². The summed E-state index contributed by atoms with van der Waals surface area (Å²) in [6, 6.07) is 4.44. The maximum atomic E-state index is 10.8. The molecule has 0 aromatic heterocycles. The Bertz CT molecular complexity index is 401. The van der Waals surface area contributed by atoms with Crippen LogP contribution in [0.5, 0.6) is 0 Å². The normalized spacial score (nSPS) is 19.9. The van der Waals surface area contributed by atoms with Crippen LogP contribution in [0.25, 0.3) is 0 Å². The molecule has 0 saturated heterocycles. The largest absolute Gasteiger partial charge is 0.226 e. The fourth-order valence-corrected chi connectivity index (χ4v) is 2.34. The number of hydrogen-bond acceptors (Lipinski definition) is 2. The molecule has 0 bridgehead atoms. The van der Waals surface area contributed by atoms with Crippen LogP contribution in [0, 0.1) is 18.8 Å². The van der Waals surface area contributed by atoms with Crippen molar-refractivity contribution in [1.82, 2.24) is 0 Å². The summed E-state index contributed by atoms with van der Waals surface area (Å²) in [5.74, 6) is 0. The van der Waals surface area contributed by atoms with Gasteiger partial charge in [-0.2, -0.15) is 0 Å². The second kappa shape index (κ2) is 3.65. The lowest BCUT2D eigenvalue weighted by Gasteiger charge is -2.31. The standard InChI is InChI=1S/C12H16N2O/c1-8-6-9(2)11-5-4-10(3)14(13-15)12(11)7-8/h6-7,10H,4-5H2,1-3H3. The van der Waals surface area contributed by atoms with Crippen molar-refractivity contribution in [2.45, 2.75) is 39.7 Å². The van der Waals surface area contributed by atoms with Crippen LogP contribution in [0.3, 0.4) is 0 Å². The van der Waals surface area contributed by atoms with E-state index in [2.05, 4.69) is 31.3 Å². The fourth-order valence-electron chi connectivity index (χ4n) is 2.34. The molecule has 1 aromatic carbocycles. The van der Waals surface area contributed by atoms with Crippen LogP contribution in [0.2, 0.25) is 0 Å². The Kier molecular flexibility index (Phi) is 2.47. The minimum absolute atomic E-state index is 0.219. The molecule has 3 nitrogen and oxygen atoms in total. The highest BCUT2D eigenvalue weighted by Gasteiger charge is 2.25. The van der Waals surface area contributed by atoms with E-state index >= 15 is 0 Å². The number of anilines is 1. The third kappa shape index (κ3) is 1.62. The van der Waals surface area contributed by atoms with Crippen LogP contribution >= 0.6 is 0 Å². The van der Waals surface area contributed by atoms with Gasteiger partial charge in [0.1, 0.15) is 0 Å². The molecular weight excluding hydrogens is 188 g/mol. The Labute approximate surface area is 90.0 Å². The zero-order valence-electron chi connectivity index (χ0n) is 9.45. The van der Waals surface area contributed by atoms with Crippen molar-refractivity contribution < 1.29 is 0 Å². The van der Waals surface area contributed by atoms with E-state index in [1.807, 2.05) is 6.92 Å². The summed E-state index contributed by atoms with van der Waals surface area (Å²) in [7, 11) is 0. The second-order valence-electron chi connectivity index (χ2n) is 4.39. The third-order valence-electron chi connectivity index (χ3n) is 3.16. The maximum absolute atomic E-state index is 10.8. The lowest BCUT2D eigenvalue weighted by atomic mass is 9.93. The zero-order chi connectivity index (χ0) is 11.0. The van der Waals surface area contributed by atoms with Gasteiger partial charge >= 0.3 is 0 Å². The highest BCUT2D eigenvalue weighted by molar-refractivity contribution is 5.60. The summed E-state index contributed by atoms with van der Waals surface area (Å²) in [6.45, 7) is 6.20. The van der Waals surface area contributed by atoms with Gasteiger partial charge in [-0.05, 0) is 56.4 Å². The van der Waals surface area contributed by atoms with Gasteiger partial charge in [0.25, 0.3) is 0 Å². The molecule has 1 heterocycles. The molecule has 1 aliphatic heterocycles. The van der Waals surface area contributed by atoms with Crippen molar-refractivity contribution in [3.05, 3.63) is 33.7 Å². The third-order valence-corrected chi connectivity index (χ3v) is 3.16. The number of nitroso groups, excluding NO2 is 1. The van der Waals surface area contributed by atoms with Crippen molar-refractivity contribution in [3.63, 3.8) is 0 Å². The van der Waals surface area contributed by atoms with Crippen LogP contribution in [0.4, 0.5) is 5.69 Å². The molecule has 0 amide bonds. The van der Waals surface area contributed by atoms with Crippen molar-refractivity contribution in [1.29, 1.82) is 0 Å². The summed E-state index contributed by atoms with van der Waals surface area (Å²) < 4.78 is 0. The van der Waals surface area contributed by atoms with E-state index in [1.54, 1.807) is 5.01 Å². The van der Waals surface area contributed by atoms with Crippen molar-refractivity contribution >= 4 is 5.69 Å². The Hall–Kier alpha value is -1.38. The molecule has 0 aliphatic carbocycles. The minimum atomic E-state index is 0.219. The number of fused-ring (bicyclic) bond motifs is 1. The Balaban J connectivity index is 2.57. The smallest absolute Gasteiger partial charge is 0.0666 e. The first-order valence-corrected chi connectivity index (χ1v) is 5.36. The number of rotatable bonds is 1. The van der Waals surface area contributed by atoms with Gasteiger partial charge in [0.05, 0.1) is 17.0 Å². The van der Waals surface area contributed by atoms with Crippen LogP contribution in [-0.4, -0.2) is 6.04 Å². The van der Waals surface area contributed by atoms with E-state index in [9.17, 15) is 4.91 Å². The van der Waals surface area contributed by atoms with Gasteiger partial charge in [0.15, 0.2) is 0 Å². The summed E-state index contributed by atoms with van der Waals surface area (Å²) in [5, 5.41) is 4.75. The maximum Gasteiger partial charge on any atom is 0.0666 e. The molecule has 0 saturated carbocycles. The highest BCUT2D eigenvalue weighted by atomic mass is 16.3. The molecule has 1 aliphatic rings. The molecule has 0 N–H and O–H groups in total. The highest BCUT2D eigenvalue weighted by Crippen LogP contribution is 2.33. The minimum Gasteiger partial charge on any atom is -0.226 e. The zero-order valence-corrected chi connectivity index (χ0v) is 9.45. The lowest BCUT2D eigenvalue weighted by Crippen LogP contribution is -2.32. The molecule has 0 radical (unpaired) electrons. The molecule has 1 atom stereocenters. The van der Waals surface area contributed by atoms with E-state index < -0.39 is 0 Å². The topological polar surface area (TPSA) is 32.7 Å². The number of nitrogens with zero attached hydrogens (tertiary/aromatic N) is 2. The van der Waals surface area contributed by atoms with Gasteiger partial charge in [0, 0.05) is 0 Å². The molecule has 0 fully saturated rings. The second-order valence-corrected chi connectivity index (χ2v) is 4.39. The molecule has 15 heavy (non-hydrogen) atoms. The average molecular weight is 204 g/mol. The molecule has 80 valence electrons. The van der Waals surface area contributed by atoms with Crippen LogP contribution in [0.15, 0.2) is 17.4 Å². The first kappa shape index (κ1) is 10.1.